The molecule has 0 fully saturated rings. The van der Waals surface area contributed by atoms with Gasteiger partial charge in [0, 0.05) is 17.1 Å². The second-order valence-electron chi connectivity index (χ2n) is 2.53. The molecule has 0 atom stereocenters. The van der Waals surface area contributed by atoms with E-state index in [0.717, 1.165) is 6.20 Å². The van der Waals surface area contributed by atoms with Crippen LogP contribution in [0.4, 0.5) is 13.2 Å². The number of halogens is 4. The van der Waals surface area contributed by atoms with E-state index in [1.165, 1.54) is 6.92 Å². The van der Waals surface area contributed by atoms with Gasteiger partial charge in [-0.15, -0.1) is 0 Å². The lowest BCUT2D eigenvalue weighted by molar-refractivity contribution is 0.145. The van der Waals surface area contributed by atoms with E-state index >= 15 is 0 Å². The molecule has 1 aromatic rings. The summed E-state index contributed by atoms with van der Waals surface area (Å²) in [5, 5.41) is 0.360. The summed E-state index contributed by atoms with van der Waals surface area (Å²) in [4.78, 5) is 3.71. The Labute approximate surface area is 82.1 Å². The zero-order chi connectivity index (χ0) is 10.0. The lowest BCUT2D eigenvalue weighted by Gasteiger charge is -2.06. The molecule has 1 aromatic heterocycles. The zero-order valence-electron chi connectivity index (χ0n) is 6.82. The normalized spacial score (nSPS) is 10.9. The van der Waals surface area contributed by atoms with Gasteiger partial charge in [0.2, 0.25) is 0 Å². The van der Waals surface area contributed by atoms with E-state index in [2.05, 4.69) is 20.9 Å². The second-order valence-corrected chi connectivity index (χ2v) is 3.09. The topological polar surface area (TPSA) is 12.9 Å². The molecule has 0 radical (unpaired) electrons. The van der Waals surface area contributed by atoms with Crippen molar-refractivity contribution >= 4 is 15.9 Å². The number of nitrogens with zero attached hydrogens (tertiary/aromatic N) is 1. The predicted molar refractivity (Wildman–Crippen MR) is 46.5 cm³/mol. The van der Waals surface area contributed by atoms with Crippen molar-refractivity contribution in [2.24, 2.45) is 0 Å². The van der Waals surface area contributed by atoms with Crippen molar-refractivity contribution in [3.63, 3.8) is 0 Å². The molecule has 0 saturated heterocycles. The van der Waals surface area contributed by atoms with Gasteiger partial charge < -0.3 is 0 Å². The van der Waals surface area contributed by atoms with Crippen LogP contribution in [-0.2, 0) is 5.33 Å². The first-order valence-electron chi connectivity index (χ1n) is 3.56. The van der Waals surface area contributed by atoms with E-state index in [4.69, 9.17) is 0 Å². The van der Waals surface area contributed by atoms with Gasteiger partial charge in [-0.25, -0.2) is 13.2 Å². The maximum Gasteiger partial charge on any atom is 0.268 e. The van der Waals surface area contributed by atoms with Gasteiger partial charge in [-0.05, 0) is 6.92 Å². The SMILES string of the molecule is Cc1c(CBr)ncc(C(F)F)c1F. The van der Waals surface area contributed by atoms with Crippen molar-refractivity contribution in [2.45, 2.75) is 18.7 Å². The second kappa shape index (κ2) is 4.09. The largest absolute Gasteiger partial charge is 0.268 e. The Bertz CT molecular complexity index is 315. The zero-order valence-corrected chi connectivity index (χ0v) is 8.41. The summed E-state index contributed by atoms with van der Waals surface area (Å²) in [5.74, 6) is -0.862. The highest BCUT2D eigenvalue weighted by Crippen LogP contribution is 2.24. The summed E-state index contributed by atoms with van der Waals surface area (Å²) in [6.07, 6.45) is -1.93. The van der Waals surface area contributed by atoms with Crippen molar-refractivity contribution in [3.8, 4) is 0 Å². The minimum absolute atomic E-state index is 0.176. The van der Waals surface area contributed by atoms with Crippen LogP contribution in [0.5, 0.6) is 0 Å². The molecule has 1 rings (SSSR count). The minimum atomic E-state index is -2.81. The smallest absolute Gasteiger partial charge is 0.259 e. The van der Waals surface area contributed by atoms with E-state index in [-0.39, 0.29) is 5.56 Å². The average Bonchev–Trinajstić information content (AvgIpc) is 2.09. The minimum Gasteiger partial charge on any atom is -0.259 e. The number of alkyl halides is 3. The molecule has 0 bridgehead atoms. The molecule has 0 N–H and O–H groups in total. The lowest BCUT2D eigenvalue weighted by Crippen LogP contribution is -2.00. The molecule has 1 heterocycles. The Hall–Kier alpha value is -0.580. The van der Waals surface area contributed by atoms with Crippen molar-refractivity contribution in [2.75, 3.05) is 0 Å². The molecule has 5 heteroatoms. The Morgan fingerprint density at radius 1 is 1.54 bits per heavy atom. The number of pyridine rings is 1. The molecule has 0 aliphatic heterocycles. The molecule has 72 valence electrons. The van der Waals surface area contributed by atoms with Crippen LogP contribution in [0.2, 0.25) is 0 Å². The van der Waals surface area contributed by atoms with Crippen molar-refractivity contribution in [1.29, 1.82) is 0 Å². The maximum absolute atomic E-state index is 13.2. The highest BCUT2D eigenvalue weighted by molar-refractivity contribution is 9.08. The van der Waals surface area contributed by atoms with Crippen LogP contribution in [0, 0.1) is 12.7 Å². The number of hydrogen-bond acceptors (Lipinski definition) is 1. The van der Waals surface area contributed by atoms with Crippen LogP contribution >= 0.6 is 15.9 Å². The molecule has 0 amide bonds. The maximum atomic E-state index is 13.2. The fourth-order valence-corrected chi connectivity index (χ4v) is 1.50. The fourth-order valence-electron chi connectivity index (χ4n) is 0.931. The molecule has 0 aromatic carbocycles. The number of aromatic nitrogens is 1. The Morgan fingerprint density at radius 2 is 2.15 bits per heavy atom. The standard InChI is InChI=1S/C8H7BrF3N/c1-4-6(2-9)13-3-5(7(4)10)8(11)12/h3,8H,2H2,1H3. The summed E-state index contributed by atoms with van der Waals surface area (Å²) in [5.41, 5.74) is -0.0150. The first-order chi connectivity index (χ1) is 6.07. The van der Waals surface area contributed by atoms with Crippen LogP contribution in [0.1, 0.15) is 23.2 Å². The van der Waals surface area contributed by atoms with Gasteiger partial charge in [0.05, 0.1) is 11.3 Å². The highest BCUT2D eigenvalue weighted by Gasteiger charge is 2.17. The highest BCUT2D eigenvalue weighted by atomic mass is 79.9. The van der Waals surface area contributed by atoms with Gasteiger partial charge in [0.15, 0.2) is 0 Å². The lowest BCUT2D eigenvalue weighted by atomic mass is 10.1. The van der Waals surface area contributed by atoms with Crippen LogP contribution in [0.3, 0.4) is 0 Å². The van der Waals surface area contributed by atoms with Gasteiger partial charge in [0.25, 0.3) is 6.43 Å². The molecule has 0 aliphatic rings. The Morgan fingerprint density at radius 3 is 2.62 bits per heavy atom. The summed E-state index contributed by atoms with van der Waals surface area (Å²) >= 11 is 3.09. The number of hydrogen-bond donors (Lipinski definition) is 0. The predicted octanol–water partition coefficient (Wildman–Crippen LogP) is 3.36. The van der Waals surface area contributed by atoms with Gasteiger partial charge >= 0.3 is 0 Å². The van der Waals surface area contributed by atoms with E-state index in [1.807, 2.05) is 0 Å². The Balaban J connectivity index is 3.23. The quantitative estimate of drug-likeness (QED) is 0.737. The van der Waals surface area contributed by atoms with E-state index < -0.39 is 17.8 Å². The molecule has 0 aliphatic carbocycles. The fraction of sp³-hybridized carbons (Fsp3) is 0.375. The average molecular weight is 254 g/mol. The van der Waals surface area contributed by atoms with Crippen molar-refractivity contribution in [3.05, 3.63) is 28.8 Å². The summed E-state index contributed by atoms with van der Waals surface area (Å²) in [6, 6.07) is 0. The third kappa shape index (κ3) is 2.02. The Kier molecular flexibility index (Phi) is 3.30. The monoisotopic (exact) mass is 253 g/mol. The molecule has 1 nitrogen and oxygen atoms in total. The summed E-state index contributed by atoms with van der Waals surface area (Å²) in [6.45, 7) is 1.44. The van der Waals surface area contributed by atoms with E-state index in [9.17, 15) is 13.2 Å². The third-order valence-electron chi connectivity index (χ3n) is 1.74. The van der Waals surface area contributed by atoms with E-state index in [0.29, 0.717) is 11.0 Å². The molecule has 0 unspecified atom stereocenters. The van der Waals surface area contributed by atoms with Crippen LogP contribution in [0.15, 0.2) is 6.20 Å². The molecule has 13 heavy (non-hydrogen) atoms. The van der Waals surface area contributed by atoms with Crippen molar-refractivity contribution in [1.82, 2.24) is 4.98 Å². The first kappa shape index (κ1) is 10.5. The van der Waals surface area contributed by atoms with Gasteiger partial charge in [0.1, 0.15) is 5.82 Å². The summed E-state index contributed by atoms with van der Waals surface area (Å²) in [7, 11) is 0. The van der Waals surface area contributed by atoms with E-state index in [1.54, 1.807) is 0 Å². The first-order valence-corrected chi connectivity index (χ1v) is 4.68. The molecular formula is C8H7BrF3N. The van der Waals surface area contributed by atoms with Gasteiger partial charge in [-0.3, -0.25) is 4.98 Å². The molecule has 0 saturated carbocycles. The molecule has 0 spiro atoms. The van der Waals surface area contributed by atoms with Crippen LogP contribution in [-0.4, -0.2) is 4.98 Å². The van der Waals surface area contributed by atoms with Crippen molar-refractivity contribution < 1.29 is 13.2 Å². The van der Waals surface area contributed by atoms with Crippen LogP contribution in [0.25, 0.3) is 0 Å². The summed E-state index contributed by atoms with van der Waals surface area (Å²) < 4.78 is 37.5. The molecular weight excluding hydrogens is 247 g/mol. The number of rotatable bonds is 2. The van der Waals surface area contributed by atoms with Gasteiger partial charge in [-0.2, -0.15) is 0 Å². The van der Waals surface area contributed by atoms with Gasteiger partial charge in [-0.1, -0.05) is 15.9 Å². The van der Waals surface area contributed by atoms with Crippen LogP contribution < -0.4 is 0 Å². The third-order valence-corrected chi connectivity index (χ3v) is 2.27.